The highest BCUT2D eigenvalue weighted by atomic mass is 19.1. The number of nitrogens with one attached hydrogen (secondary N) is 1. The fraction of sp³-hybridized carbons (Fsp3) is 0.357. The lowest BCUT2D eigenvalue weighted by Gasteiger charge is -2.30. The summed E-state index contributed by atoms with van der Waals surface area (Å²) in [4.78, 5) is 19.9. The van der Waals surface area contributed by atoms with Gasteiger partial charge >= 0.3 is 0 Å². The molecule has 0 saturated carbocycles. The third-order valence-electron chi connectivity index (χ3n) is 6.18. The first-order valence-corrected chi connectivity index (χ1v) is 12.0. The number of pyridine rings is 1. The van der Waals surface area contributed by atoms with Gasteiger partial charge in [-0.1, -0.05) is 26.0 Å². The van der Waals surface area contributed by atoms with Crippen LogP contribution in [0.2, 0.25) is 0 Å². The number of halogens is 1. The van der Waals surface area contributed by atoms with Gasteiger partial charge in [-0.05, 0) is 66.8 Å². The third kappa shape index (κ3) is 5.62. The first-order chi connectivity index (χ1) is 16.9. The highest BCUT2D eigenvalue weighted by molar-refractivity contribution is 6.05. The van der Waals surface area contributed by atoms with Crippen molar-refractivity contribution in [3.05, 3.63) is 71.2 Å². The molecule has 2 aromatic carbocycles. The molecule has 0 radical (unpaired) electrons. The summed E-state index contributed by atoms with van der Waals surface area (Å²) in [7, 11) is 0. The van der Waals surface area contributed by atoms with Gasteiger partial charge in [0, 0.05) is 30.4 Å². The molecule has 1 amide bonds. The number of carbonyl (C=O) groups is 1. The topological polar surface area (TPSA) is 63.7 Å². The van der Waals surface area contributed by atoms with Gasteiger partial charge in [-0.2, -0.15) is 0 Å². The van der Waals surface area contributed by atoms with Gasteiger partial charge in [0.25, 0.3) is 5.91 Å². The van der Waals surface area contributed by atoms with E-state index >= 15 is 0 Å². The van der Waals surface area contributed by atoms with Crippen LogP contribution in [0.5, 0.6) is 5.88 Å². The second kappa shape index (κ2) is 10.9. The van der Waals surface area contributed by atoms with Crippen molar-refractivity contribution in [2.24, 2.45) is 0 Å². The molecular formula is C28H32FN3O3. The number of ether oxygens (including phenoxy) is 2. The first kappa shape index (κ1) is 24.7. The minimum absolute atomic E-state index is 0.181. The van der Waals surface area contributed by atoms with Gasteiger partial charge in [0.05, 0.1) is 25.5 Å². The Morgan fingerprint density at radius 3 is 2.66 bits per heavy atom. The zero-order valence-corrected chi connectivity index (χ0v) is 20.7. The molecule has 184 valence electrons. The van der Waals surface area contributed by atoms with E-state index < -0.39 is 5.82 Å². The van der Waals surface area contributed by atoms with Crippen LogP contribution < -0.4 is 15.0 Å². The molecule has 7 heteroatoms. The number of amides is 1. The summed E-state index contributed by atoms with van der Waals surface area (Å²) in [5.41, 5.74) is 5.28. The Morgan fingerprint density at radius 2 is 1.94 bits per heavy atom. The highest BCUT2D eigenvalue weighted by Crippen LogP contribution is 2.34. The summed E-state index contributed by atoms with van der Waals surface area (Å²) < 4.78 is 25.7. The maximum absolute atomic E-state index is 14.4. The number of aryl methyl sites for hydroxylation is 1. The van der Waals surface area contributed by atoms with E-state index in [9.17, 15) is 9.18 Å². The summed E-state index contributed by atoms with van der Waals surface area (Å²) in [6, 6.07) is 12.4. The van der Waals surface area contributed by atoms with Gasteiger partial charge in [0.1, 0.15) is 11.5 Å². The summed E-state index contributed by atoms with van der Waals surface area (Å²) in [5.74, 6) is -0.00503. The molecule has 3 aromatic rings. The Balaban J connectivity index is 1.65. The Bertz CT molecular complexity index is 1210. The number of morpholine rings is 1. The highest BCUT2D eigenvalue weighted by Gasteiger charge is 2.19. The lowest BCUT2D eigenvalue weighted by atomic mass is 9.98. The van der Waals surface area contributed by atoms with Gasteiger partial charge in [0.2, 0.25) is 5.88 Å². The average molecular weight is 478 g/mol. The van der Waals surface area contributed by atoms with Gasteiger partial charge < -0.3 is 19.7 Å². The van der Waals surface area contributed by atoms with Crippen molar-refractivity contribution < 1.29 is 18.7 Å². The number of anilines is 2. The van der Waals surface area contributed by atoms with E-state index in [1.165, 1.54) is 6.07 Å². The maximum Gasteiger partial charge on any atom is 0.255 e. The molecule has 1 aliphatic heterocycles. The number of carbonyl (C=O) groups excluding carboxylic acids is 1. The second-order valence-corrected chi connectivity index (χ2v) is 8.96. The van der Waals surface area contributed by atoms with Gasteiger partial charge in [-0.25, -0.2) is 9.37 Å². The van der Waals surface area contributed by atoms with Crippen molar-refractivity contribution in [3.63, 3.8) is 0 Å². The second-order valence-electron chi connectivity index (χ2n) is 8.96. The van der Waals surface area contributed by atoms with Crippen LogP contribution in [0.25, 0.3) is 11.1 Å². The maximum atomic E-state index is 14.4. The molecule has 0 unspecified atom stereocenters. The molecule has 0 atom stereocenters. The first-order valence-electron chi connectivity index (χ1n) is 12.0. The number of rotatable bonds is 7. The summed E-state index contributed by atoms with van der Waals surface area (Å²) in [6.07, 6.45) is 1.77. The molecule has 2 heterocycles. The van der Waals surface area contributed by atoms with Crippen LogP contribution >= 0.6 is 0 Å². The Labute approximate surface area is 206 Å². The van der Waals surface area contributed by atoms with Crippen LogP contribution in [0.15, 0.2) is 48.7 Å². The molecule has 6 nitrogen and oxygen atoms in total. The average Bonchev–Trinajstić information content (AvgIpc) is 2.86. The molecule has 0 spiro atoms. The molecule has 1 aromatic heterocycles. The van der Waals surface area contributed by atoms with Crippen LogP contribution in [0.3, 0.4) is 0 Å². The van der Waals surface area contributed by atoms with Crippen LogP contribution in [0.1, 0.15) is 48.2 Å². The largest absolute Gasteiger partial charge is 0.476 e. The number of hydrogen-bond donors (Lipinski definition) is 1. The van der Waals surface area contributed by atoms with Crippen molar-refractivity contribution in [2.45, 2.75) is 33.6 Å². The Morgan fingerprint density at radius 1 is 1.17 bits per heavy atom. The molecule has 1 N–H and O–H groups in total. The Kier molecular flexibility index (Phi) is 7.66. The van der Waals surface area contributed by atoms with Crippen molar-refractivity contribution in [2.75, 3.05) is 43.1 Å². The number of aromatic nitrogens is 1. The molecule has 0 aliphatic carbocycles. The molecule has 0 bridgehead atoms. The Hall–Kier alpha value is -3.45. The fourth-order valence-corrected chi connectivity index (χ4v) is 4.13. The zero-order valence-electron chi connectivity index (χ0n) is 20.7. The van der Waals surface area contributed by atoms with E-state index in [0.29, 0.717) is 31.3 Å². The fourth-order valence-electron chi connectivity index (χ4n) is 4.13. The van der Waals surface area contributed by atoms with Crippen molar-refractivity contribution in [3.8, 4) is 17.0 Å². The van der Waals surface area contributed by atoms with Gasteiger partial charge in [-0.15, -0.1) is 0 Å². The predicted octanol–water partition coefficient (Wildman–Crippen LogP) is 5.81. The summed E-state index contributed by atoms with van der Waals surface area (Å²) in [5, 5.41) is 2.74. The summed E-state index contributed by atoms with van der Waals surface area (Å²) >= 11 is 0. The van der Waals surface area contributed by atoms with Gasteiger partial charge in [0.15, 0.2) is 0 Å². The SMILES string of the molecule is CCOc1ncc(-c2cc(C(=O)Nc3cc(C(C)C)ccc3F)ccc2C)cc1N1CCOCC1. The molecule has 35 heavy (non-hydrogen) atoms. The van der Waals surface area contributed by atoms with Crippen molar-refractivity contribution >= 4 is 17.3 Å². The van der Waals surface area contributed by atoms with Crippen molar-refractivity contribution in [1.82, 2.24) is 4.98 Å². The van der Waals surface area contributed by atoms with Gasteiger partial charge in [-0.3, -0.25) is 4.79 Å². The van der Waals surface area contributed by atoms with E-state index in [4.69, 9.17) is 9.47 Å². The van der Waals surface area contributed by atoms with E-state index in [-0.39, 0.29) is 17.5 Å². The predicted molar refractivity (Wildman–Crippen MR) is 137 cm³/mol. The zero-order chi connectivity index (χ0) is 24.9. The minimum Gasteiger partial charge on any atom is -0.476 e. The van der Waals surface area contributed by atoms with E-state index in [2.05, 4.69) is 21.3 Å². The number of nitrogens with zero attached hydrogens (tertiary/aromatic N) is 2. The van der Waals surface area contributed by atoms with Crippen LogP contribution in [-0.2, 0) is 4.74 Å². The van der Waals surface area contributed by atoms with Crippen LogP contribution in [0, 0.1) is 12.7 Å². The number of benzene rings is 2. The minimum atomic E-state index is -0.457. The normalized spacial score (nSPS) is 13.7. The lowest BCUT2D eigenvalue weighted by Crippen LogP contribution is -2.36. The molecule has 1 saturated heterocycles. The monoisotopic (exact) mass is 477 g/mol. The smallest absolute Gasteiger partial charge is 0.255 e. The molecular weight excluding hydrogens is 445 g/mol. The lowest BCUT2D eigenvalue weighted by molar-refractivity contribution is 0.102. The molecule has 1 aliphatic rings. The quantitative estimate of drug-likeness (QED) is 0.465. The van der Waals surface area contributed by atoms with Crippen LogP contribution in [0.4, 0.5) is 15.8 Å². The summed E-state index contributed by atoms with van der Waals surface area (Å²) in [6.45, 7) is 11.3. The van der Waals surface area contributed by atoms with Crippen LogP contribution in [-0.4, -0.2) is 43.8 Å². The van der Waals surface area contributed by atoms with E-state index in [0.717, 1.165) is 41.0 Å². The molecule has 4 rings (SSSR count). The van der Waals surface area contributed by atoms with E-state index in [1.54, 1.807) is 24.4 Å². The molecule has 1 fully saturated rings. The van der Waals surface area contributed by atoms with Crippen molar-refractivity contribution in [1.29, 1.82) is 0 Å². The van der Waals surface area contributed by atoms with E-state index in [1.807, 2.05) is 39.8 Å². The third-order valence-corrected chi connectivity index (χ3v) is 6.18. The number of hydrogen-bond acceptors (Lipinski definition) is 5. The standard InChI is InChI=1S/C28H32FN3O3/c1-5-35-28-26(32-10-12-34-13-11-32)16-22(17-30-28)23-14-21(7-6-19(23)4)27(33)31-25-15-20(18(2)3)8-9-24(25)29/h6-9,14-18H,5,10-13H2,1-4H3,(H,31,33).